The predicted octanol–water partition coefficient (Wildman–Crippen LogP) is 7.94. The monoisotopic (exact) mass is 585 g/mol. The largest absolute Gasteiger partial charge is 0.489 e. The summed E-state index contributed by atoms with van der Waals surface area (Å²) in [5.74, 6) is 1.03. The molecule has 202 valence electrons. The smallest absolute Gasteiger partial charge is 0.331 e. The Morgan fingerprint density at radius 3 is 2.51 bits per heavy atom. The molecule has 1 heterocycles. The molecule has 1 aromatic heterocycles. The van der Waals surface area contributed by atoms with Crippen molar-refractivity contribution in [3.63, 3.8) is 0 Å². The summed E-state index contributed by atoms with van der Waals surface area (Å²) in [7, 11) is 0. The lowest BCUT2D eigenvalue weighted by Gasteiger charge is -2.47. The van der Waals surface area contributed by atoms with E-state index in [4.69, 9.17) is 44.1 Å². The van der Waals surface area contributed by atoms with E-state index in [-0.39, 0.29) is 18.4 Å². The first kappa shape index (κ1) is 26.5. The number of aromatic nitrogens is 1. The molecule has 2 aromatic carbocycles. The molecule has 39 heavy (non-hydrogen) atoms. The van der Waals surface area contributed by atoms with E-state index in [1.807, 2.05) is 6.08 Å². The highest BCUT2D eigenvalue weighted by Gasteiger charge is 2.48. The highest BCUT2D eigenvalue weighted by atomic mass is 35.5. The zero-order chi connectivity index (χ0) is 27.3. The average Bonchev–Trinajstić information content (AvgIpc) is 3.66. The number of aliphatic carboxylic acids is 1. The molecular formula is C30H26Cl3NO5. The van der Waals surface area contributed by atoms with E-state index >= 15 is 0 Å². The molecular weight excluding hydrogens is 561 g/mol. The minimum atomic E-state index is -1.06. The van der Waals surface area contributed by atoms with Crippen molar-refractivity contribution in [2.75, 3.05) is 0 Å². The third kappa shape index (κ3) is 5.11. The number of ether oxygens (including phenoxy) is 1. The second-order valence-corrected chi connectivity index (χ2v) is 11.8. The van der Waals surface area contributed by atoms with Gasteiger partial charge in [-0.3, -0.25) is 0 Å². The molecule has 1 atom stereocenters. The molecule has 6 rings (SSSR count). The quantitative estimate of drug-likeness (QED) is 0.278. The van der Waals surface area contributed by atoms with Crippen molar-refractivity contribution >= 4 is 40.8 Å². The Labute approximate surface area is 240 Å². The van der Waals surface area contributed by atoms with E-state index in [9.17, 15) is 15.0 Å². The van der Waals surface area contributed by atoms with Crippen molar-refractivity contribution < 1.29 is 24.3 Å². The van der Waals surface area contributed by atoms with Crippen LogP contribution in [0.1, 0.15) is 54.9 Å². The Kier molecular flexibility index (Phi) is 7.00. The number of carbonyl (C=O) groups is 1. The van der Waals surface area contributed by atoms with E-state index in [0.29, 0.717) is 68.4 Å². The molecule has 2 saturated carbocycles. The highest BCUT2D eigenvalue weighted by Crippen LogP contribution is 2.53. The number of benzene rings is 2. The van der Waals surface area contributed by atoms with Crippen molar-refractivity contribution in [1.29, 1.82) is 0 Å². The predicted molar refractivity (Wildman–Crippen MR) is 149 cm³/mol. The van der Waals surface area contributed by atoms with Crippen LogP contribution in [0.3, 0.4) is 0 Å². The van der Waals surface area contributed by atoms with Crippen molar-refractivity contribution in [2.45, 2.75) is 50.2 Å². The topological polar surface area (TPSA) is 92.8 Å². The van der Waals surface area contributed by atoms with Crippen LogP contribution in [0.15, 0.2) is 64.7 Å². The first-order chi connectivity index (χ1) is 18.7. The minimum absolute atomic E-state index is 0.0906. The van der Waals surface area contributed by atoms with Crippen molar-refractivity contribution in [2.24, 2.45) is 11.8 Å². The fourth-order valence-corrected chi connectivity index (χ4v) is 6.61. The fourth-order valence-electron chi connectivity index (χ4n) is 5.68. The molecule has 2 N–H and O–H groups in total. The molecule has 1 unspecified atom stereocenters. The molecule has 3 aliphatic rings. The van der Waals surface area contributed by atoms with E-state index in [2.05, 4.69) is 5.16 Å². The van der Waals surface area contributed by atoms with Crippen LogP contribution in [0, 0.1) is 11.8 Å². The summed E-state index contributed by atoms with van der Waals surface area (Å²) in [5.41, 5.74) is 1.99. The fraction of sp³-hybridized carbons (Fsp3) is 0.333. The summed E-state index contributed by atoms with van der Waals surface area (Å²) < 4.78 is 11.9. The molecule has 6 nitrogen and oxygen atoms in total. The van der Waals surface area contributed by atoms with Crippen molar-refractivity contribution in [3.8, 4) is 17.0 Å². The van der Waals surface area contributed by atoms with Gasteiger partial charge >= 0.3 is 5.97 Å². The zero-order valence-electron chi connectivity index (χ0n) is 20.9. The first-order valence-corrected chi connectivity index (χ1v) is 14.1. The van der Waals surface area contributed by atoms with Gasteiger partial charge in [0.2, 0.25) is 0 Å². The highest BCUT2D eigenvalue weighted by molar-refractivity contribution is 6.39. The molecule has 0 aliphatic heterocycles. The Morgan fingerprint density at radius 2 is 1.85 bits per heavy atom. The van der Waals surface area contributed by atoms with E-state index < -0.39 is 11.6 Å². The molecule has 0 bridgehead atoms. The van der Waals surface area contributed by atoms with Crippen LogP contribution in [0.25, 0.3) is 11.3 Å². The van der Waals surface area contributed by atoms with Crippen LogP contribution in [0.5, 0.6) is 5.75 Å². The Hall–Kier alpha value is -2.77. The maximum absolute atomic E-state index is 11.4. The van der Waals surface area contributed by atoms with E-state index in [1.165, 1.54) is 0 Å². The van der Waals surface area contributed by atoms with E-state index in [0.717, 1.165) is 24.2 Å². The number of carboxylic acids is 1. The zero-order valence-corrected chi connectivity index (χ0v) is 23.1. The summed E-state index contributed by atoms with van der Waals surface area (Å²) in [4.78, 5) is 11.4. The van der Waals surface area contributed by atoms with Gasteiger partial charge in [0.25, 0.3) is 0 Å². The number of halogens is 3. The third-order valence-electron chi connectivity index (χ3n) is 7.98. The summed E-state index contributed by atoms with van der Waals surface area (Å²) in [5, 5.41) is 26.3. The third-order valence-corrected chi connectivity index (χ3v) is 8.93. The summed E-state index contributed by atoms with van der Waals surface area (Å²) in [6.07, 6.45) is 9.03. The van der Waals surface area contributed by atoms with Crippen LogP contribution in [-0.2, 0) is 17.0 Å². The number of hydrogen-bond acceptors (Lipinski definition) is 5. The number of allylic oxidation sites excluding steroid dienone is 3. The lowest BCUT2D eigenvalue weighted by Crippen LogP contribution is -2.44. The molecule has 2 fully saturated rings. The van der Waals surface area contributed by atoms with E-state index in [1.54, 1.807) is 48.6 Å². The summed E-state index contributed by atoms with van der Waals surface area (Å²) >= 11 is 19.6. The van der Waals surface area contributed by atoms with Crippen molar-refractivity contribution in [3.05, 3.63) is 92.2 Å². The van der Waals surface area contributed by atoms with Crippen LogP contribution in [-0.4, -0.2) is 21.3 Å². The minimum Gasteiger partial charge on any atom is -0.489 e. The van der Waals surface area contributed by atoms with Gasteiger partial charge in [-0.2, -0.15) is 0 Å². The maximum Gasteiger partial charge on any atom is 0.331 e. The molecule has 0 saturated heterocycles. The molecule has 0 radical (unpaired) electrons. The van der Waals surface area contributed by atoms with Gasteiger partial charge in [0, 0.05) is 22.6 Å². The van der Waals surface area contributed by atoms with Gasteiger partial charge in [-0.15, -0.1) is 0 Å². The van der Waals surface area contributed by atoms with Gasteiger partial charge in [0.05, 0.1) is 26.2 Å². The SMILES string of the molecule is O=C(O)C1=CC=CC(C2CC(O)(c3ccc(OCc4c(-c5c(Cl)cccc5Cl)noc4C4CC4)cc3Cl)C2)C1. The Morgan fingerprint density at radius 1 is 1.10 bits per heavy atom. The van der Waals surface area contributed by atoms with Gasteiger partial charge in [0.1, 0.15) is 23.8 Å². The van der Waals surface area contributed by atoms with Gasteiger partial charge in [-0.25, -0.2) is 4.79 Å². The van der Waals surface area contributed by atoms with Gasteiger partial charge in [0.15, 0.2) is 0 Å². The molecule has 0 amide bonds. The number of aliphatic hydroxyl groups is 1. The molecule has 0 spiro atoms. The normalized spacial score (nSPS) is 24.3. The van der Waals surface area contributed by atoms with Crippen LogP contribution in [0.2, 0.25) is 15.1 Å². The average molecular weight is 587 g/mol. The summed E-state index contributed by atoms with van der Waals surface area (Å²) in [6, 6.07) is 10.6. The van der Waals surface area contributed by atoms with Gasteiger partial charge in [-0.1, -0.05) is 70.3 Å². The molecule has 3 aromatic rings. The number of carboxylic acid groups (broad SMARTS) is 1. The molecule has 9 heteroatoms. The standard InChI is InChI=1S/C30H26Cl3NO5/c31-23-5-2-6-24(32)26(23)27-21(28(39-34-27)16-7-8-16)15-38-20-9-10-22(25(33)12-20)30(37)13-19(14-30)17-3-1-4-18(11-17)29(35)36/h1-6,9-10,12,16-17,19,37H,7-8,11,13-15H2,(H,35,36). The van der Waals surface area contributed by atoms with Gasteiger partial charge < -0.3 is 19.5 Å². The lowest BCUT2D eigenvalue weighted by atomic mass is 9.61. The van der Waals surface area contributed by atoms with Crippen LogP contribution in [0.4, 0.5) is 0 Å². The second kappa shape index (κ2) is 10.3. The molecule has 3 aliphatic carbocycles. The van der Waals surface area contributed by atoms with Crippen molar-refractivity contribution in [1.82, 2.24) is 5.16 Å². The summed E-state index contributed by atoms with van der Waals surface area (Å²) in [6.45, 7) is 0.196. The Balaban J connectivity index is 1.16. The van der Waals surface area contributed by atoms with Gasteiger partial charge in [-0.05, 0) is 68.2 Å². The van der Waals surface area contributed by atoms with Crippen LogP contribution >= 0.6 is 34.8 Å². The first-order valence-electron chi connectivity index (χ1n) is 12.9. The number of hydrogen-bond donors (Lipinski definition) is 2. The second-order valence-electron chi connectivity index (χ2n) is 10.6. The number of nitrogens with zero attached hydrogens (tertiary/aromatic N) is 1. The number of rotatable bonds is 8. The maximum atomic E-state index is 11.4. The Bertz CT molecular complexity index is 1480. The lowest BCUT2D eigenvalue weighted by molar-refractivity contribution is -0.133. The van der Waals surface area contributed by atoms with Crippen LogP contribution < -0.4 is 4.74 Å².